The maximum atomic E-state index is 4.36. The third-order valence-electron chi connectivity index (χ3n) is 2.96. The van der Waals surface area contributed by atoms with Crippen LogP contribution in [0.5, 0.6) is 0 Å². The number of rotatable bonds is 1. The lowest BCUT2D eigenvalue weighted by atomic mass is 9.81. The van der Waals surface area contributed by atoms with Crippen molar-refractivity contribution in [2.24, 2.45) is 0 Å². The summed E-state index contributed by atoms with van der Waals surface area (Å²) in [7, 11) is 0. The van der Waals surface area contributed by atoms with Crippen molar-refractivity contribution in [2.75, 3.05) is 0 Å². The van der Waals surface area contributed by atoms with E-state index in [-0.39, 0.29) is 0 Å². The topological polar surface area (TPSA) is 41.6 Å². The Morgan fingerprint density at radius 3 is 2.93 bits per heavy atom. The van der Waals surface area contributed by atoms with Crippen LogP contribution in [0.3, 0.4) is 0 Å². The van der Waals surface area contributed by atoms with Gasteiger partial charge in [0.1, 0.15) is 0 Å². The minimum atomic E-state index is 0.738. The fraction of sp³-hybridized carbons (Fsp3) is 0.400. The van der Waals surface area contributed by atoms with Crippen LogP contribution in [0.15, 0.2) is 12.5 Å². The smallest absolute Gasteiger partial charge is 0.178 e. The Morgan fingerprint density at radius 1 is 1.36 bits per heavy atom. The fourth-order valence-corrected chi connectivity index (χ4v) is 2.86. The van der Waals surface area contributed by atoms with E-state index in [1.165, 1.54) is 28.4 Å². The van der Waals surface area contributed by atoms with Gasteiger partial charge in [0.15, 0.2) is 5.65 Å². The molecule has 4 heteroatoms. The molecule has 1 aliphatic carbocycles. The molecular weight excluding hydrogens is 289 g/mol. The van der Waals surface area contributed by atoms with Crippen LogP contribution in [-0.2, 0) is 0 Å². The molecule has 1 saturated carbocycles. The molecule has 72 valence electrons. The number of aromatic nitrogens is 3. The van der Waals surface area contributed by atoms with Gasteiger partial charge in [-0.25, -0.2) is 9.97 Å². The van der Waals surface area contributed by atoms with E-state index in [1.54, 1.807) is 6.33 Å². The van der Waals surface area contributed by atoms with Crippen molar-refractivity contribution in [3.8, 4) is 0 Å². The van der Waals surface area contributed by atoms with E-state index in [0.717, 1.165) is 17.1 Å². The highest BCUT2D eigenvalue weighted by atomic mass is 127. The zero-order valence-corrected chi connectivity index (χ0v) is 9.78. The summed E-state index contributed by atoms with van der Waals surface area (Å²) in [6.07, 6.45) is 7.70. The normalized spacial score (nSPS) is 17.2. The zero-order valence-electron chi connectivity index (χ0n) is 7.63. The second-order valence-corrected chi connectivity index (χ2v) is 4.84. The highest BCUT2D eigenvalue weighted by Gasteiger charge is 2.23. The molecule has 0 bridgehead atoms. The highest BCUT2D eigenvalue weighted by Crippen LogP contribution is 2.39. The number of imidazole rings is 1. The molecule has 14 heavy (non-hydrogen) atoms. The van der Waals surface area contributed by atoms with Gasteiger partial charge in [0.05, 0.1) is 11.8 Å². The molecule has 1 N–H and O–H groups in total. The van der Waals surface area contributed by atoms with Gasteiger partial charge >= 0.3 is 0 Å². The Labute approximate surface area is 95.5 Å². The monoisotopic (exact) mass is 299 g/mol. The second kappa shape index (κ2) is 3.18. The van der Waals surface area contributed by atoms with Gasteiger partial charge in [-0.15, -0.1) is 0 Å². The molecule has 2 aromatic heterocycles. The summed E-state index contributed by atoms with van der Waals surface area (Å²) in [4.78, 5) is 11.7. The van der Waals surface area contributed by atoms with Crippen molar-refractivity contribution < 1.29 is 0 Å². The van der Waals surface area contributed by atoms with Crippen molar-refractivity contribution >= 4 is 33.8 Å². The van der Waals surface area contributed by atoms with Crippen molar-refractivity contribution in [2.45, 2.75) is 25.2 Å². The molecule has 1 aliphatic rings. The van der Waals surface area contributed by atoms with Gasteiger partial charge < -0.3 is 4.98 Å². The van der Waals surface area contributed by atoms with E-state index in [1.807, 2.05) is 6.20 Å². The van der Waals surface area contributed by atoms with Gasteiger partial charge in [-0.05, 0) is 46.9 Å². The number of hydrogen-bond acceptors (Lipinski definition) is 2. The zero-order chi connectivity index (χ0) is 9.54. The highest BCUT2D eigenvalue weighted by molar-refractivity contribution is 14.1. The first-order valence-electron chi connectivity index (χ1n) is 4.84. The van der Waals surface area contributed by atoms with E-state index in [0.29, 0.717) is 0 Å². The SMILES string of the molecule is Ic1c(C2CCC2)cnc2nc[nH]c12. The first kappa shape index (κ1) is 8.64. The van der Waals surface area contributed by atoms with E-state index >= 15 is 0 Å². The van der Waals surface area contributed by atoms with Gasteiger partial charge in [0.25, 0.3) is 0 Å². The van der Waals surface area contributed by atoms with Crippen LogP contribution in [0.25, 0.3) is 11.2 Å². The van der Waals surface area contributed by atoms with E-state index in [4.69, 9.17) is 0 Å². The van der Waals surface area contributed by atoms with Gasteiger partial charge in [-0.1, -0.05) is 6.42 Å². The number of nitrogens with one attached hydrogen (secondary N) is 1. The van der Waals surface area contributed by atoms with Crippen molar-refractivity contribution in [3.63, 3.8) is 0 Å². The van der Waals surface area contributed by atoms with Crippen LogP contribution >= 0.6 is 22.6 Å². The maximum Gasteiger partial charge on any atom is 0.178 e. The van der Waals surface area contributed by atoms with Crippen LogP contribution in [-0.4, -0.2) is 15.0 Å². The third-order valence-corrected chi connectivity index (χ3v) is 4.13. The first-order valence-corrected chi connectivity index (χ1v) is 5.91. The molecular formula is C10H10IN3. The molecule has 0 unspecified atom stereocenters. The molecule has 0 radical (unpaired) electrons. The van der Waals surface area contributed by atoms with E-state index < -0.39 is 0 Å². The molecule has 1 fully saturated rings. The Morgan fingerprint density at radius 2 is 2.21 bits per heavy atom. The summed E-state index contributed by atoms with van der Waals surface area (Å²) in [6.45, 7) is 0. The van der Waals surface area contributed by atoms with Crippen LogP contribution in [0, 0.1) is 3.57 Å². The second-order valence-electron chi connectivity index (χ2n) is 3.76. The lowest BCUT2D eigenvalue weighted by Crippen LogP contribution is -2.10. The molecule has 0 saturated heterocycles. The molecule has 0 atom stereocenters. The van der Waals surface area contributed by atoms with E-state index in [2.05, 4.69) is 37.5 Å². The van der Waals surface area contributed by atoms with Crippen LogP contribution < -0.4 is 0 Å². The Hall–Kier alpha value is -0.650. The first-order chi connectivity index (χ1) is 6.86. The predicted molar refractivity (Wildman–Crippen MR) is 63.2 cm³/mol. The molecule has 2 aromatic rings. The van der Waals surface area contributed by atoms with Crippen molar-refractivity contribution in [3.05, 3.63) is 21.7 Å². The minimum Gasteiger partial charge on any atom is -0.342 e. The average Bonchev–Trinajstić information content (AvgIpc) is 2.55. The molecule has 2 heterocycles. The Balaban J connectivity index is 2.19. The van der Waals surface area contributed by atoms with Gasteiger partial charge in [-0.3, -0.25) is 0 Å². The van der Waals surface area contributed by atoms with Crippen molar-refractivity contribution in [1.82, 2.24) is 15.0 Å². The number of nitrogens with zero attached hydrogens (tertiary/aromatic N) is 2. The summed E-state index contributed by atoms with van der Waals surface area (Å²) >= 11 is 2.40. The molecule has 0 amide bonds. The van der Waals surface area contributed by atoms with Crippen LogP contribution in [0.1, 0.15) is 30.7 Å². The van der Waals surface area contributed by atoms with E-state index in [9.17, 15) is 0 Å². The fourth-order valence-electron chi connectivity index (χ4n) is 1.88. The Bertz CT molecular complexity index is 473. The Kier molecular flexibility index (Phi) is 1.97. The number of hydrogen-bond donors (Lipinski definition) is 1. The van der Waals surface area contributed by atoms with Gasteiger partial charge in [0, 0.05) is 9.77 Å². The van der Waals surface area contributed by atoms with Crippen LogP contribution in [0.4, 0.5) is 0 Å². The largest absolute Gasteiger partial charge is 0.342 e. The summed E-state index contributed by atoms with van der Waals surface area (Å²) in [5, 5.41) is 0. The standard InChI is InChI=1S/C10H10IN3/c11-8-7(6-2-1-3-6)4-12-10-9(8)13-5-14-10/h4-6H,1-3H2,(H,12,13,14). The van der Waals surface area contributed by atoms with Gasteiger partial charge in [-0.2, -0.15) is 0 Å². The molecule has 3 rings (SSSR count). The number of aromatic amines is 1. The number of fused-ring (bicyclic) bond motifs is 1. The number of halogens is 1. The van der Waals surface area contributed by atoms with Crippen LogP contribution in [0.2, 0.25) is 0 Å². The maximum absolute atomic E-state index is 4.36. The summed E-state index contributed by atoms with van der Waals surface area (Å²) < 4.78 is 1.30. The average molecular weight is 299 g/mol. The number of H-pyrrole nitrogens is 1. The quantitative estimate of drug-likeness (QED) is 0.823. The lowest BCUT2D eigenvalue weighted by Gasteiger charge is -2.26. The third kappa shape index (κ3) is 1.16. The van der Waals surface area contributed by atoms with Gasteiger partial charge in [0.2, 0.25) is 0 Å². The predicted octanol–water partition coefficient (Wildman–Crippen LogP) is 2.83. The lowest BCUT2D eigenvalue weighted by molar-refractivity contribution is 0.418. The molecule has 0 aliphatic heterocycles. The molecule has 0 spiro atoms. The number of pyridine rings is 1. The molecule has 0 aromatic carbocycles. The summed E-state index contributed by atoms with van der Waals surface area (Å²) in [6, 6.07) is 0. The van der Waals surface area contributed by atoms with Crippen molar-refractivity contribution in [1.29, 1.82) is 0 Å². The molecule has 3 nitrogen and oxygen atoms in total. The minimum absolute atomic E-state index is 0.738. The summed E-state index contributed by atoms with van der Waals surface area (Å²) in [5.74, 6) is 0.738. The summed E-state index contributed by atoms with van der Waals surface area (Å²) in [5.41, 5.74) is 3.32.